The summed E-state index contributed by atoms with van der Waals surface area (Å²) in [5.74, 6) is -1.56. The molecule has 0 unspecified atom stereocenters. The number of anilines is 1. The molecule has 3 aromatic rings. The highest BCUT2D eigenvalue weighted by Gasteiger charge is 2.33. The predicted molar refractivity (Wildman–Crippen MR) is 151 cm³/mol. The topological polar surface area (TPSA) is 86.8 Å². The number of carbonyl (C=O) groups is 2. The van der Waals surface area contributed by atoms with E-state index in [-0.39, 0.29) is 23.0 Å². The minimum atomic E-state index is -4.26. The molecular formula is C29H33ClFN3O4S. The van der Waals surface area contributed by atoms with Crippen LogP contribution >= 0.6 is 11.6 Å². The lowest BCUT2D eigenvalue weighted by molar-refractivity contribution is -0.140. The second-order valence-electron chi connectivity index (χ2n) is 10.4. The zero-order valence-electron chi connectivity index (χ0n) is 22.6. The van der Waals surface area contributed by atoms with Crippen molar-refractivity contribution in [3.8, 4) is 0 Å². The highest BCUT2D eigenvalue weighted by atomic mass is 35.5. The molecule has 0 heterocycles. The summed E-state index contributed by atoms with van der Waals surface area (Å²) in [4.78, 5) is 28.1. The molecule has 0 aliphatic carbocycles. The van der Waals surface area contributed by atoms with Gasteiger partial charge in [-0.05, 0) is 88.7 Å². The fraction of sp³-hybridized carbons (Fsp3) is 0.310. The van der Waals surface area contributed by atoms with Crippen LogP contribution in [0.15, 0.2) is 77.7 Å². The Kier molecular flexibility index (Phi) is 9.40. The second kappa shape index (κ2) is 12.2. The van der Waals surface area contributed by atoms with Crippen LogP contribution in [0.2, 0.25) is 5.02 Å². The van der Waals surface area contributed by atoms with E-state index < -0.39 is 39.9 Å². The summed E-state index contributed by atoms with van der Waals surface area (Å²) >= 11 is 6.02. The third-order valence-electron chi connectivity index (χ3n) is 5.93. The van der Waals surface area contributed by atoms with Crippen LogP contribution < -0.4 is 9.62 Å². The predicted octanol–water partition coefficient (Wildman–Crippen LogP) is 5.31. The lowest BCUT2D eigenvalue weighted by atomic mass is 10.1. The molecule has 0 radical (unpaired) electrons. The van der Waals surface area contributed by atoms with Gasteiger partial charge in [0.1, 0.15) is 18.4 Å². The Bertz CT molecular complexity index is 1400. The first-order chi connectivity index (χ1) is 18.2. The Morgan fingerprint density at radius 1 is 0.949 bits per heavy atom. The van der Waals surface area contributed by atoms with Crippen molar-refractivity contribution in [3.05, 3.63) is 94.8 Å². The molecule has 0 aliphatic rings. The number of hydrogen-bond acceptors (Lipinski definition) is 4. The third-order valence-corrected chi connectivity index (χ3v) is 7.97. The number of benzene rings is 3. The number of nitrogens with zero attached hydrogens (tertiary/aromatic N) is 2. The molecule has 0 saturated heterocycles. The Hall–Kier alpha value is -3.43. The molecule has 0 aliphatic heterocycles. The van der Waals surface area contributed by atoms with Gasteiger partial charge in [-0.25, -0.2) is 12.8 Å². The van der Waals surface area contributed by atoms with Crippen molar-refractivity contribution in [2.24, 2.45) is 0 Å². The highest BCUT2D eigenvalue weighted by molar-refractivity contribution is 7.92. The van der Waals surface area contributed by atoms with Gasteiger partial charge >= 0.3 is 0 Å². The van der Waals surface area contributed by atoms with E-state index in [0.717, 1.165) is 34.1 Å². The Morgan fingerprint density at radius 3 is 2.05 bits per heavy atom. The van der Waals surface area contributed by atoms with Crippen LogP contribution in [0, 0.1) is 12.7 Å². The molecule has 7 nitrogen and oxygen atoms in total. The minimum Gasteiger partial charge on any atom is -0.350 e. The maximum Gasteiger partial charge on any atom is 0.264 e. The van der Waals surface area contributed by atoms with Crippen LogP contribution in [-0.2, 0) is 26.2 Å². The molecule has 208 valence electrons. The van der Waals surface area contributed by atoms with Crippen molar-refractivity contribution < 1.29 is 22.4 Å². The minimum absolute atomic E-state index is 0.0487. The first-order valence-corrected chi connectivity index (χ1v) is 14.2. The number of hydrogen-bond donors (Lipinski definition) is 1. The number of halogens is 2. The Morgan fingerprint density at radius 2 is 1.51 bits per heavy atom. The van der Waals surface area contributed by atoms with Gasteiger partial charge in [-0.2, -0.15) is 0 Å². The lowest BCUT2D eigenvalue weighted by Gasteiger charge is -2.33. The van der Waals surface area contributed by atoms with Gasteiger partial charge in [-0.1, -0.05) is 41.4 Å². The molecular weight excluding hydrogens is 541 g/mol. The zero-order chi connectivity index (χ0) is 29.0. The van der Waals surface area contributed by atoms with E-state index in [1.165, 1.54) is 4.90 Å². The number of sulfonamides is 1. The van der Waals surface area contributed by atoms with Crippen molar-refractivity contribution >= 4 is 39.1 Å². The van der Waals surface area contributed by atoms with Crippen LogP contribution in [0.4, 0.5) is 10.1 Å². The van der Waals surface area contributed by atoms with Crippen molar-refractivity contribution in [2.45, 2.75) is 57.6 Å². The average molecular weight is 574 g/mol. The third kappa shape index (κ3) is 8.03. The molecule has 1 atom stereocenters. The van der Waals surface area contributed by atoms with E-state index >= 15 is 0 Å². The summed E-state index contributed by atoms with van der Waals surface area (Å²) in [5, 5.41) is 3.40. The van der Waals surface area contributed by atoms with Crippen molar-refractivity contribution in [1.82, 2.24) is 10.2 Å². The van der Waals surface area contributed by atoms with Gasteiger partial charge in [-0.15, -0.1) is 0 Å². The molecule has 0 aromatic heterocycles. The van der Waals surface area contributed by atoms with Crippen LogP contribution in [0.25, 0.3) is 0 Å². The maximum atomic E-state index is 13.9. The Labute approximate surface area is 234 Å². The van der Waals surface area contributed by atoms with Gasteiger partial charge in [0.2, 0.25) is 11.8 Å². The quantitative estimate of drug-likeness (QED) is 0.376. The van der Waals surface area contributed by atoms with E-state index in [4.69, 9.17) is 11.6 Å². The Balaban J connectivity index is 2.02. The molecule has 39 heavy (non-hydrogen) atoms. The smallest absolute Gasteiger partial charge is 0.264 e. The number of nitrogens with one attached hydrogen (secondary N) is 1. The molecule has 3 aromatic carbocycles. The van der Waals surface area contributed by atoms with E-state index in [2.05, 4.69) is 5.32 Å². The molecule has 3 rings (SSSR count). The van der Waals surface area contributed by atoms with Crippen LogP contribution in [0.1, 0.15) is 38.8 Å². The monoisotopic (exact) mass is 573 g/mol. The van der Waals surface area contributed by atoms with Crippen LogP contribution in [0.3, 0.4) is 0 Å². The van der Waals surface area contributed by atoms with Gasteiger partial charge in [0.05, 0.1) is 10.6 Å². The fourth-order valence-electron chi connectivity index (χ4n) is 3.82. The standard InChI is InChI=1S/C29H33ClFN3O4S/c1-20-6-14-25(15-7-20)34(39(37,38)26-16-12-24(31)13-17-26)19-27(35)33(18-22-8-10-23(30)11-9-22)21(2)28(36)32-29(3,4)5/h6-17,21H,18-19H2,1-5H3,(H,32,36)/t21-/m0/s1. The van der Waals surface area contributed by atoms with Gasteiger partial charge < -0.3 is 10.2 Å². The van der Waals surface area contributed by atoms with E-state index in [1.54, 1.807) is 55.5 Å². The normalized spacial score (nSPS) is 12.5. The number of amides is 2. The zero-order valence-corrected chi connectivity index (χ0v) is 24.2. The summed E-state index contributed by atoms with van der Waals surface area (Å²) in [5.41, 5.74) is 1.34. The van der Waals surface area contributed by atoms with Gasteiger partial charge in [0, 0.05) is 17.1 Å². The number of rotatable bonds is 9. The molecule has 10 heteroatoms. The van der Waals surface area contributed by atoms with E-state index in [1.807, 2.05) is 27.7 Å². The summed E-state index contributed by atoms with van der Waals surface area (Å²) in [6, 6.07) is 17.0. The SMILES string of the molecule is Cc1ccc(N(CC(=O)N(Cc2ccc(Cl)cc2)[C@@H](C)C(=O)NC(C)(C)C)S(=O)(=O)c2ccc(F)cc2)cc1. The summed E-state index contributed by atoms with van der Waals surface area (Å²) in [7, 11) is -4.26. The average Bonchev–Trinajstić information content (AvgIpc) is 2.86. The summed E-state index contributed by atoms with van der Waals surface area (Å²) in [6.07, 6.45) is 0. The van der Waals surface area contributed by atoms with Crippen LogP contribution in [-0.4, -0.2) is 43.3 Å². The van der Waals surface area contributed by atoms with Gasteiger partial charge in [0.25, 0.3) is 10.0 Å². The summed E-state index contributed by atoms with van der Waals surface area (Å²) in [6.45, 7) is 8.42. The molecule has 1 N–H and O–H groups in total. The molecule has 0 spiro atoms. The first kappa shape index (κ1) is 30.1. The summed E-state index contributed by atoms with van der Waals surface area (Å²) < 4.78 is 42.0. The van der Waals surface area contributed by atoms with Gasteiger partial charge in [-0.3, -0.25) is 13.9 Å². The molecule has 0 saturated carbocycles. The number of aryl methyl sites for hydroxylation is 1. The molecule has 0 fully saturated rings. The van der Waals surface area contributed by atoms with Crippen molar-refractivity contribution in [3.63, 3.8) is 0 Å². The maximum absolute atomic E-state index is 13.9. The molecule has 0 bridgehead atoms. The largest absolute Gasteiger partial charge is 0.350 e. The van der Waals surface area contributed by atoms with E-state index in [0.29, 0.717) is 10.6 Å². The highest BCUT2D eigenvalue weighted by Crippen LogP contribution is 2.25. The van der Waals surface area contributed by atoms with Crippen molar-refractivity contribution in [2.75, 3.05) is 10.8 Å². The lowest BCUT2D eigenvalue weighted by Crippen LogP contribution is -2.54. The van der Waals surface area contributed by atoms with E-state index in [9.17, 15) is 22.4 Å². The van der Waals surface area contributed by atoms with Crippen LogP contribution in [0.5, 0.6) is 0 Å². The second-order valence-corrected chi connectivity index (χ2v) is 12.7. The van der Waals surface area contributed by atoms with Gasteiger partial charge in [0.15, 0.2) is 0 Å². The number of carbonyl (C=O) groups excluding carboxylic acids is 2. The van der Waals surface area contributed by atoms with Crippen molar-refractivity contribution in [1.29, 1.82) is 0 Å². The fourth-order valence-corrected chi connectivity index (χ4v) is 5.36. The first-order valence-electron chi connectivity index (χ1n) is 12.4. The molecule has 2 amide bonds.